The van der Waals surface area contributed by atoms with Crippen molar-refractivity contribution in [3.8, 4) is 0 Å². The topological polar surface area (TPSA) is 3.24 Å². The second-order valence-electron chi connectivity index (χ2n) is 1.41. The zero-order chi connectivity index (χ0) is 5.82. The number of allylic oxidation sites excluding steroid dienone is 4. The van der Waals surface area contributed by atoms with Gasteiger partial charge in [0.15, 0.2) is 0 Å². The Labute approximate surface area is 57.3 Å². The van der Waals surface area contributed by atoms with Crippen LogP contribution in [0.1, 0.15) is 0 Å². The van der Waals surface area contributed by atoms with Gasteiger partial charge < -0.3 is 0 Å². The van der Waals surface area contributed by atoms with Gasteiger partial charge in [-0.3, -0.25) is 3.93 Å². The van der Waals surface area contributed by atoms with Crippen LogP contribution >= 0.6 is 16.1 Å². The molecule has 0 radical (unpaired) electrons. The molecule has 0 N–H and O–H groups in total. The first-order valence-electron chi connectivity index (χ1n) is 2.35. The summed E-state index contributed by atoms with van der Waals surface area (Å²) in [5, 5.41) is 0. The molecule has 1 aliphatic rings. The van der Waals surface area contributed by atoms with Crippen LogP contribution < -0.4 is 0 Å². The summed E-state index contributed by atoms with van der Waals surface area (Å²) in [5.74, 6) is 0. The number of hydrogen-bond donors (Lipinski definition) is 0. The summed E-state index contributed by atoms with van der Waals surface area (Å²) >= 11 is 3.26. The summed E-state index contributed by atoms with van der Waals surface area (Å²) in [6, 6.07) is 0. The second kappa shape index (κ2) is 2.72. The van der Waals surface area contributed by atoms with E-state index in [1.165, 1.54) is 0 Å². The molecule has 1 rings (SSSR count). The predicted molar refractivity (Wildman–Crippen MR) is 38.2 cm³/mol. The average molecular weight is 172 g/mol. The molecule has 0 saturated heterocycles. The molecule has 1 nitrogen and oxygen atoms in total. The molecule has 0 fully saturated rings. The lowest BCUT2D eigenvalue weighted by atomic mass is 10.5. The average Bonchev–Trinajstić information content (AvgIpc) is 1.94. The quantitative estimate of drug-likeness (QED) is 0.506. The van der Waals surface area contributed by atoms with Crippen molar-refractivity contribution in [3.05, 3.63) is 36.7 Å². The van der Waals surface area contributed by atoms with Gasteiger partial charge in [0.05, 0.1) is 16.1 Å². The van der Waals surface area contributed by atoms with Crippen molar-refractivity contribution >= 4 is 16.1 Å². The van der Waals surface area contributed by atoms with Crippen LogP contribution in [0.2, 0.25) is 0 Å². The highest BCUT2D eigenvalue weighted by molar-refractivity contribution is 9.07. The van der Waals surface area contributed by atoms with E-state index in [1.54, 1.807) is 0 Å². The highest BCUT2D eigenvalue weighted by Gasteiger charge is 1.82. The number of hydrogen-bond acceptors (Lipinski definition) is 1. The summed E-state index contributed by atoms with van der Waals surface area (Å²) in [4.78, 5) is 0. The third kappa shape index (κ3) is 1.54. The third-order valence-electron chi connectivity index (χ3n) is 0.790. The van der Waals surface area contributed by atoms with Crippen molar-refractivity contribution in [2.24, 2.45) is 0 Å². The predicted octanol–water partition coefficient (Wildman–Crippen LogP) is 2.20. The van der Waals surface area contributed by atoms with Gasteiger partial charge in [-0.1, -0.05) is 12.2 Å². The second-order valence-corrected chi connectivity index (χ2v) is 2.23. The lowest BCUT2D eigenvalue weighted by molar-refractivity contribution is 0.886. The highest BCUT2D eigenvalue weighted by Crippen LogP contribution is 2.02. The summed E-state index contributed by atoms with van der Waals surface area (Å²) < 4.78 is 1.81. The molecule has 2 heteroatoms. The Hall–Kier alpha value is -0.500. The molecular formula is C6H6BrN. The molecule has 0 aromatic carbocycles. The van der Waals surface area contributed by atoms with E-state index in [0.717, 1.165) is 0 Å². The third-order valence-corrected chi connectivity index (χ3v) is 1.26. The fourth-order valence-corrected chi connectivity index (χ4v) is 0.715. The van der Waals surface area contributed by atoms with Gasteiger partial charge in [-0.15, -0.1) is 0 Å². The van der Waals surface area contributed by atoms with E-state index in [1.807, 2.05) is 40.6 Å². The van der Waals surface area contributed by atoms with Crippen LogP contribution in [-0.4, -0.2) is 3.93 Å². The Morgan fingerprint density at radius 1 is 0.875 bits per heavy atom. The molecule has 1 aliphatic heterocycles. The smallest absolute Gasteiger partial charge is 0.0539 e. The zero-order valence-electron chi connectivity index (χ0n) is 4.29. The molecule has 0 saturated carbocycles. The SMILES string of the molecule is BrN1C=CC=CC=C1. The Morgan fingerprint density at radius 2 is 1.38 bits per heavy atom. The summed E-state index contributed by atoms with van der Waals surface area (Å²) in [7, 11) is 0. The largest absolute Gasteiger partial charge is 0.292 e. The van der Waals surface area contributed by atoms with Crippen molar-refractivity contribution in [1.29, 1.82) is 0 Å². The molecule has 0 aromatic heterocycles. The van der Waals surface area contributed by atoms with E-state index in [-0.39, 0.29) is 0 Å². The lowest BCUT2D eigenvalue weighted by Crippen LogP contribution is -1.86. The molecule has 0 bridgehead atoms. The first-order valence-corrected chi connectivity index (χ1v) is 3.06. The van der Waals surface area contributed by atoms with Crippen molar-refractivity contribution in [2.75, 3.05) is 0 Å². The first kappa shape index (κ1) is 5.63. The number of halogens is 1. The van der Waals surface area contributed by atoms with Crippen LogP contribution in [0.4, 0.5) is 0 Å². The van der Waals surface area contributed by atoms with Crippen LogP contribution in [0.15, 0.2) is 36.7 Å². The molecule has 0 unspecified atom stereocenters. The number of rotatable bonds is 0. The molecule has 0 aromatic rings. The van der Waals surface area contributed by atoms with Gasteiger partial charge in [0.1, 0.15) is 0 Å². The molecule has 1 heterocycles. The van der Waals surface area contributed by atoms with Crippen molar-refractivity contribution < 1.29 is 0 Å². The minimum absolute atomic E-state index is 1.81. The van der Waals surface area contributed by atoms with Gasteiger partial charge >= 0.3 is 0 Å². The monoisotopic (exact) mass is 171 g/mol. The Bertz CT molecular complexity index is 131. The molecule has 0 atom stereocenters. The van der Waals surface area contributed by atoms with Gasteiger partial charge in [0.25, 0.3) is 0 Å². The van der Waals surface area contributed by atoms with Gasteiger partial charge in [0.2, 0.25) is 0 Å². The van der Waals surface area contributed by atoms with Crippen LogP contribution in [-0.2, 0) is 0 Å². The minimum Gasteiger partial charge on any atom is -0.292 e. The molecule has 0 amide bonds. The van der Waals surface area contributed by atoms with Crippen LogP contribution in [0, 0.1) is 0 Å². The van der Waals surface area contributed by atoms with Gasteiger partial charge in [-0.25, -0.2) is 0 Å². The van der Waals surface area contributed by atoms with Crippen LogP contribution in [0.25, 0.3) is 0 Å². The van der Waals surface area contributed by atoms with E-state index < -0.39 is 0 Å². The molecule has 8 heavy (non-hydrogen) atoms. The fraction of sp³-hybridized carbons (Fsp3) is 0. The molecular weight excluding hydrogens is 166 g/mol. The minimum atomic E-state index is 1.81. The van der Waals surface area contributed by atoms with Crippen molar-refractivity contribution in [1.82, 2.24) is 3.93 Å². The lowest BCUT2D eigenvalue weighted by Gasteiger charge is -1.98. The standard InChI is InChI=1S/C6H6BrN/c7-8-5-3-1-2-4-6-8/h1-6H. The summed E-state index contributed by atoms with van der Waals surface area (Å²) in [5.41, 5.74) is 0. The first-order chi connectivity index (χ1) is 3.89. The maximum atomic E-state index is 3.26. The normalized spacial score (nSPS) is 16.9. The molecule has 42 valence electrons. The van der Waals surface area contributed by atoms with Crippen molar-refractivity contribution in [3.63, 3.8) is 0 Å². The van der Waals surface area contributed by atoms with Gasteiger partial charge in [-0.05, 0) is 12.2 Å². The Kier molecular flexibility index (Phi) is 1.92. The van der Waals surface area contributed by atoms with E-state index in [9.17, 15) is 0 Å². The zero-order valence-corrected chi connectivity index (χ0v) is 5.88. The van der Waals surface area contributed by atoms with Gasteiger partial charge in [0, 0.05) is 12.4 Å². The Morgan fingerprint density at radius 3 is 1.88 bits per heavy atom. The molecule has 0 aliphatic carbocycles. The fourth-order valence-electron chi connectivity index (χ4n) is 0.442. The van der Waals surface area contributed by atoms with E-state index in [0.29, 0.717) is 0 Å². The Balaban J connectivity index is 2.66. The van der Waals surface area contributed by atoms with Crippen molar-refractivity contribution in [2.45, 2.75) is 0 Å². The van der Waals surface area contributed by atoms with E-state index in [2.05, 4.69) is 16.1 Å². The molecule has 0 spiro atoms. The van der Waals surface area contributed by atoms with Crippen LogP contribution in [0.3, 0.4) is 0 Å². The highest BCUT2D eigenvalue weighted by atomic mass is 79.9. The summed E-state index contributed by atoms with van der Waals surface area (Å²) in [6.07, 6.45) is 11.7. The maximum absolute atomic E-state index is 3.26. The maximum Gasteiger partial charge on any atom is 0.0539 e. The number of nitrogens with zero attached hydrogens (tertiary/aromatic N) is 1. The van der Waals surface area contributed by atoms with E-state index in [4.69, 9.17) is 0 Å². The summed E-state index contributed by atoms with van der Waals surface area (Å²) in [6.45, 7) is 0. The van der Waals surface area contributed by atoms with Crippen LogP contribution in [0.5, 0.6) is 0 Å². The van der Waals surface area contributed by atoms with E-state index >= 15 is 0 Å². The van der Waals surface area contributed by atoms with Gasteiger partial charge in [-0.2, -0.15) is 0 Å².